The van der Waals surface area contributed by atoms with Crippen LogP contribution in [-0.2, 0) is 9.47 Å². The predicted molar refractivity (Wildman–Crippen MR) is 66.0 cm³/mol. The minimum absolute atomic E-state index is 0.0195. The minimum atomic E-state index is -0.0357. The zero-order valence-electron chi connectivity index (χ0n) is 11.1. The van der Waals surface area contributed by atoms with Gasteiger partial charge in [0, 0.05) is 32.2 Å². The van der Waals surface area contributed by atoms with E-state index in [1.807, 2.05) is 0 Å². The van der Waals surface area contributed by atoms with E-state index in [2.05, 4.69) is 11.8 Å². The van der Waals surface area contributed by atoms with Crippen LogP contribution in [0.25, 0.3) is 0 Å². The molecule has 0 aromatic heterocycles. The van der Waals surface area contributed by atoms with Crippen molar-refractivity contribution in [3.63, 3.8) is 0 Å². The Balaban J connectivity index is 1.94. The molecule has 0 spiro atoms. The molecule has 1 N–H and O–H groups in total. The average Bonchev–Trinajstić information content (AvgIpc) is 2.78. The Morgan fingerprint density at radius 1 is 1.41 bits per heavy atom. The van der Waals surface area contributed by atoms with Gasteiger partial charge in [-0.1, -0.05) is 0 Å². The quantitative estimate of drug-likeness (QED) is 0.796. The summed E-state index contributed by atoms with van der Waals surface area (Å²) >= 11 is 0. The van der Waals surface area contributed by atoms with Crippen molar-refractivity contribution in [2.75, 3.05) is 46.6 Å². The van der Waals surface area contributed by atoms with Gasteiger partial charge in [-0.15, -0.1) is 0 Å². The standard InChI is InChI=1S/C13H25NO3/c1-12(16-2)4-3-6-14(8-12)9-13(10-15)5-7-17-11-13/h15H,3-11H2,1-2H3. The molecule has 4 heteroatoms. The molecule has 2 unspecified atom stereocenters. The summed E-state index contributed by atoms with van der Waals surface area (Å²) in [5.74, 6) is 0. The molecule has 2 heterocycles. The fourth-order valence-electron chi connectivity index (χ4n) is 3.03. The third kappa shape index (κ3) is 2.99. The molecule has 100 valence electrons. The lowest BCUT2D eigenvalue weighted by molar-refractivity contribution is -0.0639. The Morgan fingerprint density at radius 3 is 2.82 bits per heavy atom. The summed E-state index contributed by atoms with van der Waals surface area (Å²) in [5, 5.41) is 9.60. The molecule has 2 atom stereocenters. The van der Waals surface area contributed by atoms with Crippen LogP contribution in [0.4, 0.5) is 0 Å². The second-order valence-corrected chi connectivity index (χ2v) is 5.93. The number of hydrogen-bond donors (Lipinski definition) is 1. The lowest BCUT2D eigenvalue weighted by atomic mass is 9.85. The van der Waals surface area contributed by atoms with Crippen LogP contribution in [0.2, 0.25) is 0 Å². The van der Waals surface area contributed by atoms with Crippen LogP contribution in [0.3, 0.4) is 0 Å². The van der Waals surface area contributed by atoms with Crippen molar-refractivity contribution < 1.29 is 14.6 Å². The van der Waals surface area contributed by atoms with Gasteiger partial charge < -0.3 is 14.6 Å². The number of methoxy groups -OCH3 is 1. The average molecular weight is 243 g/mol. The van der Waals surface area contributed by atoms with E-state index in [1.165, 1.54) is 6.42 Å². The van der Waals surface area contributed by atoms with Crippen LogP contribution in [0.5, 0.6) is 0 Å². The first-order valence-electron chi connectivity index (χ1n) is 6.58. The Kier molecular flexibility index (Phi) is 4.08. The molecular formula is C13H25NO3. The van der Waals surface area contributed by atoms with Gasteiger partial charge in [-0.2, -0.15) is 0 Å². The molecule has 0 aromatic carbocycles. The van der Waals surface area contributed by atoms with Gasteiger partial charge in [0.2, 0.25) is 0 Å². The Morgan fingerprint density at radius 2 is 2.24 bits per heavy atom. The SMILES string of the molecule is COC1(C)CCCN(CC2(CO)CCOC2)C1. The number of nitrogens with zero attached hydrogens (tertiary/aromatic N) is 1. The van der Waals surface area contributed by atoms with Crippen LogP contribution >= 0.6 is 0 Å². The van der Waals surface area contributed by atoms with E-state index >= 15 is 0 Å². The molecule has 0 aliphatic carbocycles. The normalized spacial score (nSPS) is 39.7. The van der Waals surface area contributed by atoms with E-state index in [0.29, 0.717) is 6.61 Å². The third-order valence-electron chi connectivity index (χ3n) is 4.31. The zero-order valence-corrected chi connectivity index (χ0v) is 11.1. The van der Waals surface area contributed by atoms with Gasteiger partial charge in [0.1, 0.15) is 0 Å². The molecule has 17 heavy (non-hydrogen) atoms. The van der Waals surface area contributed by atoms with Gasteiger partial charge in [-0.3, -0.25) is 4.90 Å². The highest BCUT2D eigenvalue weighted by Crippen LogP contribution is 2.32. The number of piperidine rings is 1. The fraction of sp³-hybridized carbons (Fsp3) is 1.00. The maximum absolute atomic E-state index is 9.60. The van der Waals surface area contributed by atoms with Crippen molar-refractivity contribution in [3.05, 3.63) is 0 Å². The van der Waals surface area contributed by atoms with E-state index in [0.717, 1.165) is 39.1 Å². The van der Waals surface area contributed by atoms with Gasteiger partial charge in [-0.05, 0) is 32.7 Å². The van der Waals surface area contributed by atoms with Crippen molar-refractivity contribution in [3.8, 4) is 0 Å². The van der Waals surface area contributed by atoms with Gasteiger partial charge >= 0.3 is 0 Å². The van der Waals surface area contributed by atoms with Crippen molar-refractivity contribution in [2.24, 2.45) is 5.41 Å². The molecule has 0 radical (unpaired) electrons. The fourth-order valence-corrected chi connectivity index (χ4v) is 3.03. The van der Waals surface area contributed by atoms with E-state index < -0.39 is 0 Å². The Bertz CT molecular complexity index is 253. The third-order valence-corrected chi connectivity index (χ3v) is 4.31. The summed E-state index contributed by atoms with van der Waals surface area (Å²) in [6.45, 7) is 6.90. The summed E-state index contributed by atoms with van der Waals surface area (Å²) in [6.07, 6.45) is 3.28. The maximum atomic E-state index is 9.60. The van der Waals surface area contributed by atoms with Crippen molar-refractivity contribution in [2.45, 2.75) is 31.8 Å². The number of hydrogen-bond acceptors (Lipinski definition) is 4. The molecule has 0 bridgehead atoms. The molecule has 0 amide bonds. The topological polar surface area (TPSA) is 41.9 Å². The summed E-state index contributed by atoms with van der Waals surface area (Å²) in [6, 6.07) is 0. The predicted octanol–water partition coefficient (Wildman–Crippen LogP) is 0.886. The lowest BCUT2D eigenvalue weighted by Gasteiger charge is -2.42. The second-order valence-electron chi connectivity index (χ2n) is 5.93. The van der Waals surface area contributed by atoms with Crippen LogP contribution in [0.1, 0.15) is 26.2 Å². The van der Waals surface area contributed by atoms with E-state index in [-0.39, 0.29) is 17.6 Å². The molecule has 2 aliphatic heterocycles. The van der Waals surface area contributed by atoms with Gasteiger partial charge in [0.05, 0.1) is 18.8 Å². The van der Waals surface area contributed by atoms with Gasteiger partial charge in [0.25, 0.3) is 0 Å². The molecule has 0 saturated carbocycles. The summed E-state index contributed by atoms with van der Waals surface area (Å²) in [4.78, 5) is 2.43. The summed E-state index contributed by atoms with van der Waals surface area (Å²) in [7, 11) is 1.80. The second kappa shape index (κ2) is 5.22. The van der Waals surface area contributed by atoms with Crippen molar-refractivity contribution in [1.29, 1.82) is 0 Å². The first-order chi connectivity index (χ1) is 8.11. The summed E-state index contributed by atoms with van der Waals surface area (Å²) in [5.41, 5.74) is -0.0552. The largest absolute Gasteiger partial charge is 0.396 e. The molecule has 2 rings (SSSR count). The minimum Gasteiger partial charge on any atom is -0.396 e. The number of rotatable bonds is 4. The highest BCUT2D eigenvalue weighted by atomic mass is 16.5. The van der Waals surface area contributed by atoms with Crippen molar-refractivity contribution >= 4 is 0 Å². The first kappa shape index (κ1) is 13.3. The smallest absolute Gasteiger partial charge is 0.0777 e. The number of ether oxygens (including phenoxy) is 2. The van der Waals surface area contributed by atoms with Crippen molar-refractivity contribution in [1.82, 2.24) is 4.90 Å². The maximum Gasteiger partial charge on any atom is 0.0777 e. The number of likely N-dealkylation sites (tertiary alicyclic amines) is 1. The molecule has 0 aromatic rings. The summed E-state index contributed by atoms with van der Waals surface area (Å²) < 4.78 is 11.1. The van der Waals surface area contributed by atoms with E-state index in [9.17, 15) is 5.11 Å². The molecule has 2 fully saturated rings. The molecule has 2 aliphatic rings. The van der Waals surface area contributed by atoms with Gasteiger partial charge in [0.15, 0.2) is 0 Å². The first-order valence-corrected chi connectivity index (χ1v) is 6.58. The van der Waals surface area contributed by atoms with E-state index in [1.54, 1.807) is 7.11 Å². The monoisotopic (exact) mass is 243 g/mol. The Labute approximate surface area is 104 Å². The van der Waals surface area contributed by atoms with E-state index in [4.69, 9.17) is 9.47 Å². The molecule has 2 saturated heterocycles. The zero-order chi connectivity index (χ0) is 12.4. The highest BCUT2D eigenvalue weighted by Gasteiger charge is 2.39. The van der Waals surface area contributed by atoms with Crippen LogP contribution in [0.15, 0.2) is 0 Å². The lowest BCUT2D eigenvalue weighted by Crippen LogP contribution is -2.51. The highest BCUT2D eigenvalue weighted by molar-refractivity contribution is 4.91. The number of aliphatic hydroxyl groups is 1. The van der Waals surface area contributed by atoms with Crippen LogP contribution < -0.4 is 0 Å². The van der Waals surface area contributed by atoms with Crippen LogP contribution in [-0.4, -0.2) is 62.2 Å². The molecule has 4 nitrogen and oxygen atoms in total. The Hall–Kier alpha value is -0.160. The van der Waals surface area contributed by atoms with Gasteiger partial charge in [-0.25, -0.2) is 0 Å². The van der Waals surface area contributed by atoms with Crippen LogP contribution in [0, 0.1) is 5.41 Å². The number of aliphatic hydroxyl groups excluding tert-OH is 1. The molecular weight excluding hydrogens is 218 g/mol.